The Morgan fingerprint density at radius 1 is 1.07 bits per heavy atom. The van der Waals surface area contributed by atoms with Crippen molar-refractivity contribution in [2.75, 3.05) is 11.9 Å². The van der Waals surface area contributed by atoms with Crippen molar-refractivity contribution < 1.29 is 4.52 Å². The van der Waals surface area contributed by atoms with Crippen molar-refractivity contribution in [1.29, 1.82) is 5.26 Å². The van der Waals surface area contributed by atoms with Gasteiger partial charge in [0.2, 0.25) is 0 Å². The highest BCUT2D eigenvalue weighted by molar-refractivity contribution is 5.76. The molecule has 1 saturated carbocycles. The van der Waals surface area contributed by atoms with Crippen LogP contribution in [0.5, 0.6) is 0 Å². The van der Waals surface area contributed by atoms with Gasteiger partial charge >= 0.3 is 0 Å². The van der Waals surface area contributed by atoms with E-state index < -0.39 is 0 Å². The molecule has 0 saturated heterocycles. The van der Waals surface area contributed by atoms with Gasteiger partial charge in [0, 0.05) is 24.0 Å². The van der Waals surface area contributed by atoms with Crippen LogP contribution >= 0.6 is 0 Å². The van der Waals surface area contributed by atoms with Crippen molar-refractivity contribution in [3.8, 4) is 17.2 Å². The molecule has 1 aromatic heterocycles. The molecule has 28 heavy (non-hydrogen) atoms. The molecule has 0 spiro atoms. The molecule has 4 heteroatoms. The van der Waals surface area contributed by atoms with Gasteiger partial charge in [0.1, 0.15) is 5.76 Å². The van der Waals surface area contributed by atoms with E-state index in [1.165, 1.54) is 5.56 Å². The first-order chi connectivity index (χ1) is 13.4. The van der Waals surface area contributed by atoms with Crippen LogP contribution in [-0.4, -0.2) is 12.2 Å². The van der Waals surface area contributed by atoms with Crippen molar-refractivity contribution in [1.82, 2.24) is 5.16 Å². The number of nitrogens with zero attached hydrogens (tertiary/aromatic N) is 3. The lowest BCUT2D eigenvalue weighted by Crippen LogP contribution is -2.32. The van der Waals surface area contributed by atoms with Gasteiger partial charge in [0.05, 0.1) is 17.2 Å². The molecule has 0 amide bonds. The van der Waals surface area contributed by atoms with Crippen LogP contribution in [0.15, 0.2) is 47.0 Å². The Morgan fingerprint density at radius 2 is 1.79 bits per heavy atom. The van der Waals surface area contributed by atoms with Crippen molar-refractivity contribution in [2.45, 2.75) is 45.4 Å². The van der Waals surface area contributed by atoms with Gasteiger partial charge in [-0.3, -0.25) is 0 Å². The first-order valence-corrected chi connectivity index (χ1v) is 9.74. The maximum absolute atomic E-state index is 9.58. The number of nitriles is 1. The fourth-order valence-electron chi connectivity index (χ4n) is 4.16. The molecule has 1 heterocycles. The zero-order valence-corrected chi connectivity index (χ0v) is 16.9. The molecule has 1 aliphatic rings. The van der Waals surface area contributed by atoms with Crippen LogP contribution in [-0.2, 0) is 5.41 Å². The van der Waals surface area contributed by atoms with Crippen LogP contribution in [0.4, 0.5) is 11.4 Å². The van der Waals surface area contributed by atoms with Gasteiger partial charge in [0.15, 0.2) is 0 Å². The zero-order chi connectivity index (χ0) is 19.9. The second kappa shape index (κ2) is 6.83. The van der Waals surface area contributed by atoms with E-state index in [-0.39, 0.29) is 5.41 Å². The smallest absolute Gasteiger partial charge is 0.141 e. The number of hydrogen-bond acceptors (Lipinski definition) is 4. The molecular formula is C24H25N3O. The molecule has 1 fully saturated rings. The molecule has 0 radical (unpaired) electrons. The average Bonchev–Trinajstić information content (AvgIpc) is 3.00. The van der Waals surface area contributed by atoms with Gasteiger partial charge in [-0.05, 0) is 74.9 Å². The molecule has 3 aromatic rings. The van der Waals surface area contributed by atoms with Crippen LogP contribution in [0, 0.1) is 32.1 Å². The lowest BCUT2D eigenvalue weighted by Gasteiger charge is -2.36. The highest BCUT2D eigenvalue weighted by Crippen LogP contribution is 2.43. The quantitative estimate of drug-likeness (QED) is 0.566. The van der Waals surface area contributed by atoms with E-state index in [0.29, 0.717) is 0 Å². The standard InChI is InChI=1S/C24H25N3O/c1-16-6-7-19(23-17(2)26-28-18(23)3)14-22(16)27(4)21-10-8-20(9-11-21)24(15-25)12-5-13-24/h6-11,14H,5,12-13H2,1-4H3. The normalized spacial score (nSPS) is 15.0. The summed E-state index contributed by atoms with van der Waals surface area (Å²) in [7, 11) is 2.08. The summed E-state index contributed by atoms with van der Waals surface area (Å²) >= 11 is 0. The second-order valence-electron chi connectivity index (χ2n) is 7.85. The number of benzene rings is 2. The zero-order valence-electron chi connectivity index (χ0n) is 16.9. The van der Waals surface area contributed by atoms with E-state index in [1.807, 2.05) is 13.8 Å². The molecule has 0 unspecified atom stereocenters. The number of hydrogen-bond donors (Lipinski definition) is 0. The highest BCUT2D eigenvalue weighted by atomic mass is 16.5. The summed E-state index contributed by atoms with van der Waals surface area (Å²) in [5.74, 6) is 0.835. The van der Waals surface area contributed by atoms with Gasteiger partial charge in [-0.15, -0.1) is 0 Å². The Hall–Kier alpha value is -3.06. The molecule has 0 bridgehead atoms. The number of aromatic nitrogens is 1. The Balaban J connectivity index is 1.67. The lowest BCUT2D eigenvalue weighted by molar-refractivity contribution is 0.324. The van der Waals surface area contributed by atoms with E-state index in [2.05, 4.69) is 72.6 Å². The van der Waals surface area contributed by atoms with Gasteiger partial charge in [0.25, 0.3) is 0 Å². The summed E-state index contributed by atoms with van der Waals surface area (Å²) in [4.78, 5) is 2.20. The summed E-state index contributed by atoms with van der Waals surface area (Å²) in [5.41, 5.74) is 7.40. The Bertz CT molecular complexity index is 1030. The summed E-state index contributed by atoms with van der Waals surface area (Å²) in [6.45, 7) is 6.04. The molecular weight excluding hydrogens is 346 g/mol. The SMILES string of the molecule is Cc1ccc(-c2c(C)noc2C)cc1N(C)c1ccc(C2(C#N)CCC2)cc1. The number of aryl methyl sites for hydroxylation is 3. The highest BCUT2D eigenvalue weighted by Gasteiger charge is 2.38. The van der Waals surface area contributed by atoms with Gasteiger partial charge < -0.3 is 9.42 Å². The summed E-state index contributed by atoms with van der Waals surface area (Å²) < 4.78 is 5.35. The van der Waals surface area contributed by atoms with Crippen molar-refractivity contribution >= 4 is 11.4 Å². The van der Waals surface area contributed by atoms with E-state index in [0.717, 1.165) is 58.8 Å². The Kier molecular flexibility index (Phi) is 4.47. The molecule has 0 N–H and O–H groups in total. The molecule has 2 aromatic carbocycles. The van der Waals surface area contributed by atoms with E-state index in [4.69, 9.17) is 4.52 Å². The van der Waals surface area contributed by atoms with Crippen LogP contribution in [0.2, 0.25) is 0 Å². The minimum absolute atomic E-state index is 0.268. The fourth-order valence-corrected chi connectivity index (χ4v) is 4.16. The van der Waals surface area contributed by atoms with Crippen LogP contribution < -0.4 is 4.90 Å². The summed E-state index contributed by atoms with van der Waals surface area (Å²) in [5, 5.41) is 13.7. The fraction of sp³-hybridized carbons (Fsp3) is 0.333. The van der Waals surface area contributed by atoms with Gasteiger partial charge in [-0.1, -0.05) is 29.4 Å². The van der Waals surface area contributed by atoms with Crippen LogP contribution in [0.3, 0.4) is 0 Å². The van der Waals surface area contributed by atoms with E-state index >= 15 is 0 Å². The van der Waals surface area contributed by atoms with Crippen LogP contribution in [0.25, 0.3) is 11.1 Å². The maximum atomic E-state index is 9.58. The molecule has 1 aliphatic carbocycles. The Labute approximate surface area is 166 Å². The third-order valence-corrected chi connectivity index (χ3v) is 6.12. The topological polar surface area (TPSA) is 53.1 Å². The average molecular weight is 371 g/mol. The van der Waals surface area contributed by atoms with Crippen LogP contribution in [0.1, 0.15) is 41.8 Å². The Morgan fingerprint density at radius 3 is 2.32 bits per heavy atom. The first kappa shape index (κ1) is 18.3. The molecule has 142 valence electrons. The largest absolute Gasteiger partial charge is 0.361 e. The predicted octanol–water partition coefficient (Wildman–Crippen LogP) is 5.98. The minimum Gasteiger partial charge on any atom is -0.361 e. The third kappa shape index (κ3) is 2.88. The van der Waals surface area contributed by atoms with E-state index in [1.54, 1.807) is 0 Å². The van der Waals surface area contributed by atoms with Crippen molar-refractivity contribution in [3.05, 3.63) is 65.0 Å². The lowest BCUT2D eigenvalue weighted by atomic mass is 9.65. The van der Waals surface area contributed by atoms with Crippen molar-refractivity contribution in [2.24, 2.45) is 0 Å². The van der Waals surface area contributed by atoms with Crippen molar-refractivity contribution in [3.63, 3.8) is 0 Å². The van der Waals surface area contributed by atoms with Gasteiger partial charge in [-0.25, -0.2) is 0 Å². The van der Waals surface area contributed by atoms with E-state index in [9.17, 15) is 5.26 Å². The molecule has 4 nitrogen and oxygen atoms in total. The minimum atomic E-state index is -0.268. The summed E-state index contributed by atoms with van der Waals surface area (Å²) in [6, 6.07) is 17.4. The molecule has 0 aliphatic heterocycles. The summed E-state index contributed by atoms with van der Waals surface area (Å²) in [6.07, 6.45) is 3.08. The third-order valence-electron chi connectivity index (χ3n) is 6.12. The molecule has 0 atom stereocenters. The second-order valence-corrected chi connectivity index (χ2v) is 7.85. The molecule has 4 rings (SSSR count). The van der Waals surface area contributed by atoms with Gasteiger partial charge in [-0.2, -0.15) is 5.26 Å². The predicted molar refractivity (Wildman–Crippen MR) is 112 cm³/mol. The monoisotopic (exact) mass is 371 g/mol. The first-order valence-electron chi connectivity index (χ1n) is 9.74. The number of anilines is 2. The number of rotatable bonds is 4. The maximum Gasteiger partial charge on any atom is 0.141 e.